The van der Waals surface area contributed by atoms with Crippen LogP contribution in [0.2, 0.25) is 0 Å². The zero-order valence-corrected chi connectivity index (χ0v) is 20.4. The van der Waals surface area contributed by atoms with Gasteiger partial charge in [-0.2, -0.15) is 0 Å². The minimum Gasteiger partial charge on any atom is -0.454 e. The molecule has 4 aromatic rings. The van der Waals surface area contributed by atoms with Gasteiger partial charge in [-0.15, -0.1) is 0 Å². The summed E-state index contributed by atoms with van der Waals surface area (Å²) in [4.78, 5) is 23.3. The Labute approximate surface area is 209 Å². The number of nitrogens with zero attached hydrogens (tertiary/aromatic N) is 3. The van der Waals surface area contributed by atoms with E-state index in [0.29, 0.717) is 32.1 Å². The second-order valence-electron chi connectivity index (χ2n) is 8.93. The van der Waals surface area contributed by atoms with Crippen LogP contribution >= 0.6 is 0 Å². The van der Waals surface area contributed by atoms with Crippen LogP contribution in [-0.2, 0) is 26.2 Å². The first-order valence-corrected chi connectivity index (χ1v) is 11.8. The number of benzene rings is 2. The topological polar surface area (TPSA) is 89.7 Å². The molecule has 1 N–H and O–H groups in total. The summed E-state index contributed by atoms with van der Waals surface area (Å²) in [5.74, 6) is 1.71. The first kappa shape index (κ1) is 23.6. The first-order valence-electron chi connectivity index (χ1n) is 11.8. The van der Waals surface area contributed by atoms with Crippen LogP contribution in [0.3, 0.4) is 0 Å². The van der Waals surface area contributed by atoms with Gasteiger partial charge in [-0.3, -0.25) is 14.7 Å². The molecule has 0 spiro atoms. The van der Waals surface area contributed by atoms with Crippen molar-refractivity contribution in [3.8, 4) is 11.5 Å². The van der Waals surface area contributed by atoms with E-state index in [-0.39, 0.29) is 18.4 Å². The van der Waals surface area contributed by atoms with Crippen molar-refractivity contribution >= 4 is 5.91 Å². The molecule has 1 amide bonds. The van der Waals surface area contributed by atoms with E-state index in [2.05, 4.69) is 52.2 Å². The van der Waals surface area contributed by atoms with Crippen molar-refractivity contribution in [2.75, 3.05) is 6.79 Å². The highest BCUT2D eigenvalue weighted by Gasteiger charge is 2.18. The van der Waals surface area contributed by atoms with Crippen molar-refractivity contribution in [1.82, 2.24) is 20.2 Å². The van der Waals surface area contributed by atoms with Crippen LogP contribution in [-0.4, -0.2) is 27.6 Å². The third kappa shape index (κ3) is 5.72. The van der Waals surface area contributed by atoms with E-state index in [1.165, 1.54) is 23.0 Å². The van der Waals surface area contributed by atoms with Gasteiger partial charge >= 0.3 is 0 Å². The molecule has 3 heterocycles. The molecule has 0 radical (unpaired) electrons. The molecule has 0 aliphatic carbocycles. The van der Waals surface area contributed by atoms with E-state index < -0.39 is 0 Å². The van der Waals surface area contributed by atoms with Crippen molar-refractivity contribution in [1.29, 1.82) is 0 Å². The van der Waals surface area contributed by atoms with E-state index in [4.69, 9.17) is 13.9 Å². The fraction of sp³-hybridized carbons (Fsp3) is 0.250. The molecule has 0 saturated heterocycles. The number of hydrogen-bond donors (Lipinski definition) is 1. The molecule has 8 heteroatoms. The van der Waals surface area contributed by atoms with Crippen molar-refractivity contribution in [2.24, 2.45) is 0 Å². The lowest BCUT2D eigenvalue weighted by Crippen LogP contribution is -2.24. The molecule has 5 rings (SSSR count). The summed E-state index contributed by atoms with van der Waals surface area (Å²) in [7, 11) is 0. The van der Waals surface area contributed by atoms with Crippen LogP contribution in [0.1, 0.15) is 44.2 Å². The highest BCUT2D eigenvalue weighted by molar-refractivity contribution is 5.91. The zero-order valence-electron chi connectivity index (χ0n) is 20.4. The molecule has 1 aliphatic rings. The number of hydrogen-bond acceptors (Lipinski definition) is 7. The van der Waals surface area contributed by atoms with Gasteiger partial charge in [-0.1, -0.05) is 29.8 Å². The molecule has 0 fully saturated rings. The van der Waals surface area contributed by atoms with Gasteiger partial charge in [-0.05, 0) is 60.4 Å². The molecular formula is C28H28N4O4. The SMILES string of the molecule is Cc1ccc(CN(Cc2ccc3c(c2)OCO3)Cc2nc(C(=O)NCc3ccncc3)co2)c(C)c1. The molecule has 2 aromatic heterocycles. The number of aryl methyl sites for hydroxylation is 2. The van der Waals surface area contributed by atoms with E-state index in [1.807, 2.05) is 30.3 Å². The van der Waals surface area contributed by atoms with E-state index in [0.717, 1.165) is 22.6 Å². The second kappa shape index (κ2) is 10.6. The molecule has 0 unspecified atom stereocenters. The fourth-order valence-electron chi connectivity index (χ4n) is 4.18. The summed E-state index contributed by atoms with van der Waals surface area (Å²) in [6, 6.07) is 16.2. The summed E-state index contributed by atoms with van der Waals surface area (Å²) >= 11 is 0. The third-order valence-electron chi connectivity index (χ3n) is 6.08. The lowest BCUT2D eigenvalue weighted by Gasteiger charge is -2.22. The Hall–Kier alpha value is -4.17. The number of carbonyl (C=O) groups is 1. The predicted molar refractivity (Wildman–Crippen MR) is 133 cm³/mol. The molecule has 0 bridgehead atoms. The number of amides is 1. The summed E-state index contributed by atoms with van der Waals surface area (Å²) in [5, 5.41) is 2.87. The number of oxazole rings is 1. The molecule has 1 aliphatic heterocycles. The molecule has 0 saturated carbocycles. The van der Waals surface area contributed by atoms with Gasteiger partial charge in [0.05, 0.1) is 6.54 Å². The average Bonchev–Trinajstić information content (AvgIpc) is 3.54. The summed E-state index contributed by atoms with van der Waals surface area (Å²) in [6.45, 7) is 6.65. The average molecular weight is 485 g/mol. The number of fused-ring (bicyclic) bond motifs is 1. The molecule has 0 atom stereocenters. The van der Waals surface area contributed by atoms with Crippen LogP contribution in [0.15, 0.2) is 71.6 Å². The Morgan fingerprint density at radius 1 is 0.944 bits per heavy atom. The zero-order chi connectivity index (χ0) is 24.9. The second-order valence-corrected chi connectivity index (χ2v) is 8.93. The number of carbonyl (C=O) groups excluding carboxylic acids is 1. The highest BCUT2D eigenvalue weighted by Crippen LogP contribution is 2.33. The third-order valence-corrected chi connectivity index (χ3v) is 6.08. The number of aromatic nitrogens is 2. The molecule has 36 heavy (non-hydrogen) atoms. The Morgan fingerprint density at radius 3 is 2.61 bits per heavy atom. The minimum absolute atomic E-state index is 0.243. The number of rotatable bonds is 9. The predicted octanol–water partition coefficient (Wildman–Crippen LogP) is 4.55. The van der Waals surface area contributed by atoms with Crippen LogP contribution < -0.4 is 14.8 Å². The summed E-state index contributed by atoms with van der Waals surface area (Å²) < 4.78 is 16.7. The molecule has 2 aromatic carbocycles. The van der Waals surface area contributed by atoms with Gasteiger partial charge in [0.15, 0.2) is 17.2 Å². The Morgan fingerprint density at radius 2 is 1.78 bits per heavy atom. The Bertz CT molecular complexity index is 1350. The Balaban J connectivity index is 1.30. The van der Waals surface area contributed by atoms with Crippen molar-refractivity contribution < 1.29 is 18.7 Å². The van der Waals surface area contributed by atoms with Gasteiger partial charge in [0.25, 0.3) is 5.91 Å². The smallest absolute Gasteiger partial charge is 0.273 e. The van der Waals surface area contributed by atoms with Gasteiger partial charge < -0.3 is 19.2 Å². The fourth-order valence-corrected chi connectivity index (χ4v) is 4.18. The Kier molecular flexibility index (Phi) is 6.95. The van der Waals surface area contributed by atoms with Crippen molar-refractivity contribution in [3.63, 3.8) is 0 Å². The number of pyridine rings is 1. The van der Waals surface area contributed by atoms with Crippen LogP contribution in [0.4, 0.5) is 0 Å². The maximum Gasteiger partial charge on any atom is 0.273 e. The highest BCUT2D eigenvalue weighted by atomic mass is 16.7. The quantitative estimate of drug-likeness (QED) is 0.373. The molecule has 8 nitrogen and oxygen atoms in total. The van der Waals surface area contributed by atoms with E-state index >= 15 is 0 Å². The minimum atomic E-state index is -0.279. The summed E-state index contributed by atoms with van der Waals surface area (Å²) in [6.07, 6.45) is 4.80. The molecule has 184 valence electrons. The van der Waals surface area contributed by atoms with E-state index in [1.54, 1.807) is 12.4 Å². The lowest BCUT2D eigenvalue weighted by atomic mass is 10.0. The van der Waals surface area contributed by atoms with Gasteiger partial charge in [-0.25, -0.2) is 4.98 Å². The largest absolute Gasteiger partial charge is 0.454 e. The van der Waals surface area contributed by atoms with Crippen molar-refractivity contribution in [2.45, 2.75) is 40.0 Å². The maximum atomic E-state index is 12.6. The van der Waals surface area contributed by atoms with E-state index in [9.17, 15) is 4.79 Å². The lowest BCUT2D eigenvalue weighted by molar-refractivity contribution is 0.0945. The van der Waals surface area contributed by atoms with Gasteiger partial charge in [0.1, 0.15) is 6.26 Å². The standard InChI is InChI=1S/C28H28N4O4/c1-19-3-5-23(20(2)11-19)15-32(14-22-4-6-25-26(12-22)36-18-35-25)16-27-31-24(17-34-27)28(33)30-13-21-7-9-29-10-8-21/h3-12,17H,13-16,18H2,1-2H3,(H,30,33). The summed E-state index contributed by atoms with van der Waals surface area (Å²) in [5.41, 5.74) is 6.00. The monoisotopic (exact) mass is 484 g/mol. The van der Waals surface area contributed by atoms with Gasteiger partial charge in [0, 0.05) is 32.0 Å². The van der Waals surface area contributed by atoms with Crippen LogP contribution in [0.5, 0.6) is 11.5 Å². The number of ether oxygens (including phenoxy) is 2. The maximum absolute atomic E-state index is 12.6. The number of nitrogens with one attached hydrogen (secondary N) is 1. The van der Waals surface area contributed by atoms with Crippen molar-refractivity contribution in [3.05, 3.63) is 107 Å². The van der Waals surface area contributed by atoms with Gasteiger partial charge in [0.2, 0.25) is 12.7 Å². The normalized spacial score (nSPS) is 12.2. The van der Waals surface area contributed by atoms with Crippen LogP contribution in [0, 0.1) is 13.8 Å². The molecular weight excluding hydrogens is 456 g/mol. The first-order chi connectivity index (χ1) is 17.5. The van der Waals surface area contributed by atoms with Crippen LogP contribution in [0.25, 0.3) is 0 Å².